The van der Waals surface area contributed by atoms with Gasteiger partial charge >= 0.3 is 11.9 Å². The molecule has 0 saturated heterocycles. The van der Waals surface area contributed by atoms with E-state index in [0.717, 1.165) is 0 Å². The van der Waals surface area contributed by atoms with Crippen LogP contribution in [0.1, 0.15) is 27.2 Å². The molecule has 3 N–H and O–H groups in total. The van der Waals surface area contributed by atoms with Crippen LogP contribution in [0.2, 0.25) is 5.02 Å². The van der Waals surface area contributed by atoms with E-state index in [1.54, 1.807) is 24.3 Å². The lowest BCUT2D eigenvalue weighted by atomic mass is 10.1. The molecule has 0 heterocycles. The number of hydrogen-bond donors (Lipinski definition) is 4. The van der Waals surface area contributed by atoms with Crippen LogP contribution in [0, 0.1) is 0 Å². The molecular formula is C16H22ClNO6S. The standard InChI is InChI=1S/C10H11ClO3.C6H11NO3S/c1-10(2,9(12)13)14-8-5-3-7(11)4-6-8;1-4(8)7-5(2-3-11)6(9)10/h3-6H,1-2H3,(H,12,13);5,11H,2-3H2,1H3,(H,7,8)(H,9,10). The molecule has 140 valence electrons. The maximum Gasteiger partial charge on any atom is 0.347 e. The Hall–Kier alpha value is -1.93. The van der Waals surface area contributed by atoms with Crippen LogP contribution in [0.5, 0.6) is 5.75 Å². The average molecular weight is 392 g/mol. The maximum absolute atomic E-state index is 10.7. The zero-order valence-corrected chi connectivity index (χ0v) is 15.8. The van der Waals surface area contributed by atoms with Crippen LogP contribution in [0.25, 0.3) is 0 Å². The second kappa shape index (κ2) is 10.8. The van der Waals surface area contributed by atoms with E-state index in [1.807, 2.05) is 0 Å². The summed E-state index contributed by atoms with van der Waals surface area (Å²) >= 11 is 9.54. The van der Waals surface area contributed by atoms with Gasteiger partial charge in [0.25, 0.3) is 0 Å². The first-order valence-corrected chi connectivity index (χ1v) is 8.29. The first-order valence-electron chi connectivity index (χ1n) is 7.28. The Kier molecular flexibility index (Phi) is 10.00. The van der Waals surface area contributed by atoms with Crippen molar-refractivity contribution < 1.29 is 29.3 Å². The lowest BCUT2D eigenvalue weighted by Crippen LogP contribution is -2.39. The van der Waals surface area contributed by atoms with Gasteiger partial charge in [-0.25, -0.2) is 9.59 Å². The molecule has 0 bridgehead atoms. The molecule has 0 aromatic heterocycles. The number of hydrogen-bond acceptors (Lipinski definition) is 5. The Morgan fingerprint density at radius 1 is 1.24 bits per heavy atom. The SMILES string of the molecule is CC(=O)NC(CCS)C(=O)O.CC(C)(Oc1ccc(Cl)cc1)C(=O)O. The third kappa shape index (κ3) is 9.83. The summed E-state index contributed by atoms with van der Waals surface area (Å²) in [6, 6.07) is 5.76. The number of thiol groups is 1. The third-order valence-electron chi connectivity index (χ3n) is 2.80. The number of rotatable bonds is 7. The van der Waals surface area contributed by atoms with Crippen molar-refractivity contribution in [1.29, 1.82) is 0 Å². The van der Waals surface area contributed by atoms with Crippen LogP contribution < -0.4 is 10.1 Å². The minimum absolute atomic E-state index is 0.334. The van der Waals surface area contributed by atoms with Gasteiger partial charge in [-0.3, -0.25) is 4.79 Å². The van der Waals surface area contributed by atoms with Gasteiger partial charge in [0.1, 0.15) is 11.8 Å². The summed E-state index contributed by atoms with van der Waals surface area (Å²) in [4.78, 5) is 31.6. The van der Waals surface area contributed by atoms with Crippen LogP contribution in [0.15, 0.2) is 24.3 Å². The van der Waals surface area contributed by atoms with Crippen molar-refractivity contribution >= 4 is 42.1 Å². The van der Waals surface area contributed by atoms with Crippen molar-refractivity contribution in [3.8, 4) is 5.75 Å². The molecule has 0 fully saturated rings. The second-order valence-corrected chi connectivity index (χ2v) is 6.36. The van der Waals surface area contributed by atoms with Gasteiger partial charge in [0, 0.05) is 11.9 Å². The zero-order chi connectivity index (χ0) is 19.6. The van der Waals surface area contributed by atoms with Crippen molar-refractivity contribution in [2.45, 2.75) is 38.8 Å². The van der Waals surface area contributed by atoms with Gasteiger partial charge in [0.15, 0.2) is 5.60 Å². The fourth-order valence-corrected chi connectivity index (χ4v) is 1.86. The molecule has 25 heavy (non-hydrogen) atoms. The van der Waals surface area contributed by atoms with Crippen molar-refractivity contribution in [3.05, 3.63) is 29.3 Å². The predicted molar refractivity (Wildman–Crippen MR) is 97.5 cm³/mol. The van der Waals surface area contributed by atoms with Crippen molar-refractivity contribution in [1.82, 2.24) is 5.32 Å². The Labute approximate surface area is 156 Å². The molecule has 1 amide bonds. The monoisotopic (exact) mass is 391 g/mol. The molecule has 1 aromatic rings. The smallest absolute Gasteiger partial charge is 0.347 e. The molecule has 0 aliphatic rings. The molecule has 0 spiro atoms. The number of amides is 1. The van der Waals surface area contributed by atoms with Crippen molar-refractivity contribution in [3.63, 3.8) is 0 Å². The highest BCUT2D eigenvalue weighted by Crippen LogP contribution is 2.20. The topological polar surface area (TPSA) is 113 Å². The van der Waals surface area contributed by atoms with Gasteiger partial charge in [-0.05, 0) is 50.3 Å². The summed E-state index contributed by atoms with van der Waals surface area (Å²) in [6.07, 6.45) is 0.345. The molecule has 1 rings (SSSR count). The number of nitrogens with one attached hydrogen (secondary N) is 1. The first kappa shape index (κ1) is 23.1. The van der Waals surface area contributed by atoms with E-state index in [0.29, 0.717) is 22.9 Å². The molecule has 0 aliphatic heterocycles. The summed E-state index contributed by atoms with van der Waals surface area (Å²) in [7, 11) is 0. The zero-order valence-electron chi connectivity index (χ0n) is 14.2. The van der Waals surface area contributed by atoms with Crippen molar-refractivity contribution in [2.75, 3.05) is 5.75 Å². The lowest BCUT2D eigenvalue weighted by molar-refractivity contribution is -0.152. The number of aliphatic carboxylic acids is 2. The van der Waals surface area contributed by atoms with Crippen LogP contribution in [-0.4, -0.2) is 45.5 Å². The van der Waals surface area contributed by atoms with Gasteiger partial charge in [-0.1, -0.05) is 11.6 Å². The Morgan fingerprint density at radius 2 is 1.76 bits per heavy atom. The number of benzene rings is 1. The van der Waals surface area contributed by atoms with Gasteiger partial charge < -0.3 is 20.3 Å². The number of carbonyl (C=O) groups is 3. The Morgan fingerprint density at radius 3 is 2.12 bits per heavy atom. The van der Waals surface area contributed by atoms with Crippen LogP contribution in [-0.2, 0) is 14.4 Å². The van der Waals surface area contributed by atoms with E-state index in [4.69, 9.17) is 26.6 Å². The molecule has 9 heteroatoms. The average Bonchev–Trinajstić information content (AvgIpc) is 2.49. The first-order chi connectivity index (χ1) is 11.5. The normalized spacial score (nSPS) is 11.6. The fourth-order valence-electron chi connectivity index (χ4n) is 1.47. The van der Waals surface area contributed by atoms with E-state index in [2.05, 4.69) is 17.9 Å². The molecule has 0 aliphatic carbocycles. The molecular weight excluding hydrogens is 370 g/mol. The minimum atomic E-state index is -1.23. The minimum Gasteiger partial charge on any atom is -0.480 e. The number of carboxylic acid groups (broad SMARTS) is 2. The second-order valence-electron chi connectivity index (χ2n) is 5.48. The maximum atomic E-state index is 10.7. The largest absolute Gasteiger partial charge is 0.480 e. The van der Waals surface area contributed by atoms with Crippen molar-refractivity contribution in [2.24, 2.45) is 0 Å². The summed E-state index contributed by atoms with van der Waals surface area (Å²) in [5, 5.41) is 20.2. The Balaban J connectivity index is 0.000000477. The predicted octanol–water partition coefficient (Wildman–Crippen LogP) is 2.48. The molecule has 7 nitrogen and oxygen atoms in total. The molecule has 1 aromatic carbocycles. The molecule has 0 saturated carbocycles. The number of carbonyl (C=O) groups excluding carboxylic acids is 1. The van der Waals surface area contributed by atoms with Crippen LogP contribution in [0.4, 0.5) is 0 Å². The van der Waals surface area contributed by atoms with Gasteiger partial charge in [0.05, 0.1) is 0 Å². The molecule has 0 radical (unpaired) electrons. The van der Waals surface area contributed by atoms with Gasteiger partial charge in [-0.2, -0.15) is 12.6 Å². The van der Waals surface area contributed by atoms with Gasteiger partial charge in [0.2, 0.25) is 5.91 Å². The fraction of sp³-hybridized carbons (Fsp3) is 0.438. The Bertz CT molecular complexity index is 591. The number of ether oxygens (including phenoxy) is 1. The van der Waals surface area contributed by atoms with Crippen LogP contribution in [0.3, 0.4) is 0 Å². The van der Waals surface area contributed by atoms with E-state index in [9.17, 15) is 14.4 Å². The van der Waals surface area contributed by atoms with E-state index < -0.39 is 23.6 Å². The summed E-state index contributed by atoms with van der Waals surface area (Å²) in [5.74, 6) is -1.43. The van der Waals surface area contributed by atoms with E-state index in [1.165, 1.54) is 20.8 Å². The quantitative estimate of drug-likeness (QED) is 0.531. The summed E-state index contributed by atoms with van der Waals surface area (Å²) < 4.78 is 5.26. The highest BCUT2D eigenvalue weighted by Gasteiger charge is 2.29. The highest BCUT2D eigenvalue weighted by atomic mass is 35.5. The van der Waals surface area contributed by atoms with Crippen LogP contribution >= 0.6 is 24.2 Å². The molecule has 1 atom stereocenters. The molecule has 1 unspecified atom stereocenters. The van der Waals surface area contributed by atoms with Gasteiger partial charge in [-0.15, -0.1) is 0 Å². The lowest BCUT2D eigenvalue weighted by Gasteiger charge is -2.21. The van der Waals surface area contributed by atoms with E-state index >= 15 is 0 Å². The summed E-state index contributed by atoms with van der Waals surface area (Å²) in [5.41, 5.74) is -1.23. The number of halogens is 1. The number of carboxylic acids is 2. The third-order valence-corrected chi connectivity index (χ3v) is 3.31. The van der Waals surface area contributed by atoms with E-state index in [-0.39, 0.29) is 5.91 Å². The highest BCUT2D eigenvalue weighted by molar-refractivity contribution is 7.80. The summed E-state index contributed by atoms with van der Waals surface area (Å²) in [6.45, 7) is 4.27.